The molecule has 210 valence electrons. The number of hydrogen-bond donors (Lipinski definition) is 3. The van der Waals surface area contributed by atoms with Crippen molar-refractivity contribution >= 4 is 17.3 Å². The van der Waals surface area contributed by atoms with Crippen LogP contribution in [0.3, 0.4) is 0 Å². The van der Waals surface area contributed by atoms with Crippen molar-refractivity contribution in [2.75, 3.05) is 30.5 Å². The first-order valence-electron chi connectivity index (χ1n) is 12.9. The van der Waals surface area contributed by atoms with Crippen LogP contribution >= 0.6 is 0 Å². The van der Waals surface area contributed by atoms with Crippen molar-refractivity contribution in [2.45, 2.75) is 25.4 Å². The molecule has 2 aromatic heterocycles. The average Bonchev–Trinajstić information content (AvgIpc) is 3.49. The molecule has 1 amide bonds. The normalized spacial score (nSPS) is 16.5. The number of rotatable bonds is 7. The molecule has 1 fully saturated rings. The van der Waals surface area contributed by atoms with Crippen LogP contribution in [0.15, 0.2) is 48.7 Å². The number of carbonyl (C=O) groups excluding carboxylic acids is 1. The molecular formula is C29H29FN8O3. The summed E-state index contributed by atoms with van der Waals surface area (Å²) in [5.74, 6) is -0.881. The predicted molar refractivity (Wildman–Crippen MR) is 151 cm³/mol. The highest BCUT2D eigenvalue weighted by Gasteiger charge is 2.32. The number of halogens is 1. The predicted octanol–water partition coefficient (Wildman–Crippen LogP) is 3.02. The molecule has 0 spiro atoms. The number of nitrogens with two attached hydrogens (primary N) is 1. The third kappa shape index (κ3) is 5.20. The molecule has 4 N–H and O–H groups in total. The summed E-state index contributed by atoms with van der Waals surface area (Å²) >= 11 is 0. The Kier molecular flexibility index (Phi) is 7.65. The zero-order valence-corrected chi connectivity index (χ0v) is 22.8. The summed E-state index contributed by atoms with van der Waals surface area (Å²) in [4.78, 5) is 23.9. The summed E-state index contributed by atoms with van der Waals surface area (Å²) in [6.07, 6.45) is 1.95. The van der Waals surface area contributed by atoms with Gasteiger partial charge in [-0.2, -0.15) is 10.4 Å². The van der Waals surface area contributed by atoms with Crippen molar-refractivity contribution in [2.24, 2.45) is 12.8 Å². The maximum Gasteiger partial charge on any atom is 0.274 e. The number of aromatic nitrogens is 4. The summed E-state index contributed by atoms with van der Waals surface area (Å²) in [7, 11) is 3.12. The molecule has 1 aliphatic heterocycles. The molecule has 0 aliphatic carbocycles. The number of nitrogens with one attached hydrogen (secondary N) is 1. The van der Waals surface area contributed by atoms with Gasteiger partial charge in [0.2, 0.25) is 0 Å². The van der Waals surface area contributed by atoms with E-state index >= 15 is 0 Å². The van der Waals surface area contributed by atoms with Gasteiger partial charge in [0.1, 0.15) is 29.0 Å². The van der Waals surface area contributed by atoms with E-state index in [2.05, 4.69) is 26.5 Å². The number of aryl methyl sites for hydroxylation is 2. The molecule has 5 rings (SSSR count). The van der Waals surface area contributed by atoms with Gasteiger partial charge in [0, 0.05) is 31.4 Å². The van der Waals surface area contributed by atoms with Gasteiger partial charge in [-0.3, -0.25) is 9.48 Å². The van der Waals surface area contributed by atoms with Gasteiger partial charge in [0.05, 0.1) is 42.4 Å². The lowest BCUT2D eigenvalue weighted by molar-refractivity contribution is 0.102. The molecular weight excluding hydrogens is 527 g/mol. The van der Waals surface area contributed by atoms with E-state index in [4.69, 9.17) is 10.5 Å². The lowest BCUT2D eigenvalue weighted by Gasteiger charge is -2.28. The Morgan fingerprint density at radius 1 is 1.29 bits per heavy atom. The van der Waals surface area contributed by atoms with Crippen LogP contribution in [0.4, 0.5) is 15.8 Å². The van der Waals surface area contributed by atoms with Gasteiger partial charge in [-0.25, -0.2) is 14.4 Å². The minimum absolute atomic E-state index is 0.00474. The Balaban J connectivity index is 1.55. The van der Waals surface area contributed by atoms with Gasteiger partial charge in [-0.05, 0) is 49.2 Å². The highest BCUT2D eigenvalue weighted by Crippen LogP contribution is 2.38. The maximum absolute atomic E-state index is 14.7. The summed E-state index contributed by atoms with van der Waals surface area (Å²) < 4.78 is 21.5. The van der Waals surface area contributed by atoms with Gasteiger partial charge in [0.25, 0.3) is 5.91 Å². The number of hydrogen-bond acceptors (Lipinski definition) is 9. The Hall–Kier alpha value is -4.86. The van der Waals surface area contributed by atoms with E-state index in [1.54, 1.807) is 25.2 Å². The number of methoxy groups -OCH3 is 1. The zero-order chi connectivity index (χ0) is 29.3. The van der Waals surface area contributed by atoms with Crippen molar-refractivity contribution in [1.29, 1.82) is 5.26 Å². The molecule has 2 aromatic carbocycles. The van der Waals surface area contributed by atoms with Crippen molar-refractivity contribution in [3.05, 3.63) is 71.6 Å². The number of ether oxygens (including phenoxy) is 1. The molecule has 0 saturated carbocycles. The van der Waals surface area contributed by atoms with Crippen molar-refractivity contribution in [3.63, 3.8) is 0 Å². The third-order valence-corrected chi connectivity index (χ3v) is 7.14. The minimum Gasteiger partial charge on any atom is -0.496 e. The Morgan fingerprint density at radius 3 is 2.83 bits per heavy atom. The summed E-state index contributed by atoms with van der Waals surface area (Å²) in [6, 6.07) is 12.9. The van der Waals surface area contributed by atoms with Crippen molar-refractivity contribution in [1.82, 2.24) is 19.7 Å². The highest BCUT2D eigenvalue weighted by atomic mass is 19.1. The number of benzene rings is 2. The number of carbonyl (C=O) groups is 1. The molecule has 11 nitrogen and oxygen atoms in total. The fraction of sp³-hybridized carbons (Fsp3) is 0.276. The van der Waals surface area contributed by atoms with Crippen LogP contribution in [0, 0.1) is 24.1 Å². The Labute approximate surface area is 236 Å². The first kappa shape index (κ1) is 27.7. The quantitative estimate of drug-likeness (QED) is 0.311. The molecule has 3 heterocycles. The maximum atomic E-state index is 14.7. The van der Waals surface area contributed by atoms with Crippen molar-refractivity contribution in [3.8, 4) is 34.3 Å². The minimum atomic E-state index is -0.581. The summed E-state index contributed by atoms with van der Waals surface area (Å²) in [5.41, 5.74) is 9.88. The number of amides is 1. The van der Waals surface area contributed by atoms with E-state index in [0.717, 1.165) is 5.56 Å². The van der Waals surface area contributed by atoms with Crippen LogP contribution in [-0.2, 0) is 7.05 Å². The van der Waals surface area contributed by atoms with Crippen LogP contribution in [0.2, 0.25) is 0 Å². The third-order valence-electron chi connectivity index (χ3n) is 7.14. The molecule has 1 aliphatic rings. The lowest BCUT2D eigenvalue weighted by atomic mass is 10.0. The largest absolute Gasteiger partial charge is 0.496 e. The molecule has 0 bridgehead atoms. The number of nitrogens with zero attached hydrogens (tertiary/aromatic N) is 6. The number of aliphatic hydroxyl groups excluding tert-OH is 1. The molecule has 4 aromatic rings. The van der Waals surface area contributed by atoms with Crippen LogP contribution in [-0.4, -0.2) is 63.1 Å². The standard InChI is InChI=1S/C29H29FN8O3/c1-16-26(24(13-31)37(2)36-16)17-7-8-21(23(11-17)38-14-18(32)12-19(38)15-39)35-29(40)22-9-10-33-28(34-22)27-20(30)5-4-6-25(27)41-3/h4-11,18-19,39H,12,14-15,32H2,1-3H3,(H,35,40)/t18-,19-/m0/s1. The first-order valence-corrected chi connectivity index (χ1v) is 12.9. The van der Waals surface area contributed by atoms with Crippen LogP contribution < -0.4 is 20.7 Å². The Morgan fingerprint density at radius 2 is 2.10 bits per heavy atom. The van der Waals surface area contributed by atoms with Crippen LogP contribution in [0.25, 0.3) is 22.5 Å². The first-order chi connectivity index (χ1) is 19.7. The van der Waals surface area contributed by atoms with E-state index in [1.807, 2.05) is 17.9 Å². The second kappa shape index (κ2) is 11.3. The van der Waals surface area contributed by atoms with Crippen molar-refractivity contribution < 1.29 is 19.0 Å². The molecule has 12 heteroatoms. The summed E-state index contributed by atoms with van der Waals surface area (Å²) in [5, 5.41) is 27.1. The Bertz CT molecular complexity index is 1660. The smallest absolute Gasteiger partial charge is 0.274 e. The van der Waals surface area contributed by atoms with Gasteiger partial charge < -0.3 is 25.8 Å². The summed E-state index contributed by atoms with van der Waals surface area (Å²) in [6.45, 7) is 2.16. The van der Waals surface area contributed by atoms with E-state index < -0.39 is 11.7 Å². The van der Waals surface area contributed by atoms with Gasteiger partial charge >= 0.3 is 0 Å². The van der Waals surface area contributed by atoms with Crippen LogP contribution in [0.1, 0.15) is 28.3 Å². The van der Waals surface area contributed by atoms with Gasteiger partial charge in [-0.15, -0.1) is 0 Å². The monoisotopic (exact) mass is 556 g/mol. The number of aliphatic hydroxyl groups is 1. The molecule has 1 saturated heterocycles. The fourth-order valence-corrected chi connectivity index (χ4v) is 5.27. The zero-order valence-electron chi connectivity index (χ0n) is 22.8. The van der Waals surface area contributed by atoms with E-state index in [-0.39, 0.29) is 41.5 Å². The topological polar surface area (TPSA) is 155 Å². The highest BCUT2D eigenvalue weighted by molar-refractivity contribution is 6.05. The molecule has 0 unspecified atom stereocenters. The SMILES string of the molecule is COc1cccc(F)c1-c1nccc(C(=O)Nc2ccc(-c3c(C)nn(C)c3C#N)cc2N2C[C@@H](N)C[C@H]2CO)n1. The second-order valence-electron chi connectivity index (χ2n) is 9.80. The van der Waals surface area contributed by atoms with Crippen LogP contribution in [0.5, 0.6) is 5.75 Å². The number of nitriles is 1. The molecule has 41 heavy (non-hydrogen) atoms. The van der Waals surface area contributed by atoms with Gasteiger partial charge in [-0.1, -0.05) is 12.1 Å². The van der Waals surface area contributed by atoms with Gasteiger partial charge in [0.15, 0.2) is 5.82 Å². The second-order valence-corrected chi connectivity index (χ2v) is 9.80. The van der Waals surface area contributed by atoms with E-state index in [0.29, 0.717) is 41.3 Å². The fourth-order valence-electron chi connectivity index (χ4n) is 5.27. The average molecular weight is 557 g/mol. The van der Waals surface area contributed by atoms with E-state index in [1.165, 1.54) is 36.2 Å². The van der Waals surface area contributed by atoms with E-state index in [9.17, 15) is 19.6 Å². The molecule has 2 atom stereocenters. The molecule has 0 radical (unpaired) electrons. The lowest BCUT2D eigenvalue weighted by Crippen LogP contribution is -2.33. The number of anilines is 2.